The number of hydrogen-bond acceptors (Lipinski definition) is 4. The SMILES string of the molecule is COc1cc(CNC[C@H](O)c2ccccc2)cc(Cl)c1OCc1ccc(Cl)c(Cl)c1. The Morgan fingerprint density at radius 3 is 2.33 bits per heavy atom. The van der Waals surface area contributed by atoms with Gasteiger partial charge >= 0.3 is 0 Å². The summed E-state index contributed by atoms with van der Waals surface area (Å²) >= 11 is 18.4. The van der Waals surface area contributed by atoms with E-state index in [1.54, 1.807) is 19.2 Å². The first-order valence-electron chi connectivity index (χ1n) is 9.34. The lowest BCUT2D eigenvalue weighted by Gasteiger charge is -2.16. The van der Waals surface area contributed by atoms with Crippen molar-refractivity contribution in [3.05, 3.63) is 92.4 Å². The van der Waals surface area contributed by atoms with Gasteiger partial charge in [0.25, 0.3) is 0 Å². The Labute approximate surface area is 191 Å². The summed E-state index contributed by atoms with van der Waals surface area (Å²) in [7, 11) is 1.56. The fraction of sp³-hybridized carbons (Fsp3) is 0.217. The van der Waals surface area contributed by atoms with Crippen LogP contribution in [0.1, 0.15) is 22.8 Å². The van der Waals surface area contributed by atoms with Gasteiger partial charge in [0, 0.05) is 13.1 Å². The number of rotatable bonds is 9. The van der Waals surface area contributed by atoms with Crippen LogP contribution in [0.25, 0.3) is 0 Å². The number of benzene rings is 3. The van der Waals surface area contributed by atoms with Crippen LogP contribution < -0.4 is 14.8 Å². The first kappa shape index (κ1) is 22.7. The van der Waals surface area contributed by atoms with Crippen LogP contribution in [0, 0.1) is 0 Å². The molecule has 2 N–H and O–H groups in total. The maximum Gasteiger partial charge on any atom is 0.180 e. The third-order valence-electron chi connectivity index (χ3n) is 4.51. The predicted octanol–water partition coefficient (Wildman–Crippen LogP) is 6.06. The maximum absolute atomic E-state index is 10.3. The van der Waals surface area contributed by atoms with Gasteiger partial charge < -0.3 is 19.9 Å². The number of methoxy groups -OCH3 is 1. The second kappa shape index (κ2) is 10.9. The van der Waals surface area contributed by atoms with Gasteiger partial charge in [0.15, 0.2) is 11.5 Å². The van der Waals surface area contributed by atoms with Crippen molar-refractivity contribution in [2.24, 2.45) is 0 Å². The van der Waals surface area contributed by atoms with Crippen LogP contribution in [0.3, 0.4) is 0 Å². The molecule has 30 heavy (non-hydrogen) atoms. The highest BCUT2D eigenvalue weighted by Gasteiger charge is 2.13. The molecule has 0 aliphatic heterocycles. The zero-order valence-electron chi connectivity index (χ0n) is 16.4. The molecule has 0 aliphatic rings. The fourth-order valence-electron chi connectivity index (χ4n) is 2.95. The van der Waals surface area contributed by atoms with Crippen LogP contribution in [0.4, 0.5) is 0 Å². The Hall–Kier alpha value is -1.95. The minimum Gasteiger partial charge on any atom is -0.493 e. The molecule has 3 rings (SSSR count). The largest absolute Gasteiger partial charge is 0.493 e. The number of hydrogen-bond donors (Lipinski definition) is 2. The van der Waals surface area contributed by atoms with Crippen molar-refractivity contribution in [1.82, 2.24) is 5.32 Å². The van der Waals surface area contributed by atoms with Crippen molar-refractivity contribution in [2.75, 3.05) is 13.7 Å². The van der Waals surface area contributed by atoms with E-state index in [9.17, 15) is 5.11 Å². The lowest BCUT2D eigenvalue weighted by molar-refractivity contribution is 0.174. The second-order valence-electron chi connectivity index (χ2n) is 6.70. The average molecular weight is 467 g/mol. The molecule has 7 heteroatoms. The summed E-state index contributed by atoms with van der Waals surface area (Å²) in [4.78, 5) is 0. The minimum absolute atomic E-state index is 0.272. The van der Waals surface area contributed by atoms with E-state index in [0.29, 0.717) is 39.7 Å². The predicted molar refractivity (Wildman–Crippen MR) is 122 cm³/mol. The molecule has 3 aromatic carbocycles. The molecule has 0 spiro atoms. The van der Waals surface area contributed by atoms with Crippen molar-refractivity contribution >= 4 is 34.8 Å². The maximum atomic E-state index is 10.3. The number of aliphatic hydroxyl groups is 1. The molecule has 0 saturated carbocycles. The Morgan fingerprint density at radius 2 is 1.63 bits per heavy atom. The molecule has 3 aromatic rings. The zero-order valence-corrected chi connectivity index (χ0v) is 18.6. The third-order valence-corrected chi connectivity index (χ3v) is 5.53. The van der Waals surface area contributed by atoms with Gasteiger partial charge in [-0.1, -0.05) is 71.2 Å². The standard InChI is InChI=1S/C23H22Cl3NO3/c1-29-22-11-16(12-27-13-21(28)17-5-3-2-4-6-17)10-20(26)23(22)30-14-15-7-8-18(24)19(25)9-15/h2-11,21,27-28H,12-14H2,1H3/t21-/m0/s1. The van der Waals surface area contributed by atoms with E-state index in [2.05, 4.69) is 5.32 Å². The lowest BCUT2D eigenvalue weighted by atomic mass is 10.1. The Morgan fingerprint density at radius 1 is 0.900 bits per heavy atom. The molecule has 158 valence electrons. The highest BCUT2D eigenvalue weighted by atomic mass is 35.5. The molecular weight excluding hydrogens is 445 g/mol. The van der Waals surface area contributed by atoms with E-state index in [1.807, 2.05) is 48.5 Å². The normalized spacial score (nSPS) is 11.9. The molecule has 0 amide bonds. The van der Waals surface area contributed by atoms with E-state index in [0.717, 1.165) is 16.7 Å². The molecule has 0 bridgehead atoms. The van der Waals surface area contributed by atoms with E-state index in [1.165, 1.54) is 0 Å². The molecule has 0 radical (unpaired) electrons. The van der Waals surface area contributed by atoms with E-state index >= 15 is 0 Å². The van der Waals surface area contributed by atoms with E-state index < -0.39 is 6.10 Å². The second-order valence-corrected chi connectivity index (χ2v) is 7.93. The van der Waals surface area contributed by atoms with Gasteiger partial charge in [-0.05, 0) is 41.0 Å². The summed E-state index contributed by atoms with van der Waals surface area (Å²) in [6.45, 7) is 1.21. The van der Waals surface area contributed by atoms with Gasteiger partial charge in [-0.2, -0.15) is 0 Å². The third kappa shape index (κ3) is 6.03. The van der Waals surface area contributed by atoms with Crippen molar-refractivity contribution in [2.45, 2.75) is 19.3 Å². The van der Waals surface area contributed by atoms with Gasteiger partial charge in [0.2, 0.25) is 0 Å². The molecule has 0 aliphatic carbocycles. The number of nitrogens with one attached hydrogen (secondary N) is 1. The summed E-state index contributed by atoms with van der Waals surface area (Å²) in [6.07, 6.45) is -0.586. The smallest absolute Gasteiger partial charge is 0.180 e. The van der Waals surface area contributed by atoms with Crippen molar-refractivity contribution in [1.29, 1.82) is 0 Å². The zero-order chi connectivity index (χ0) is 21.5. The monoisotopic (exact) mass is 465 g/mol. The molecule has 1 atom stereocenters. The van der Waals surface area contributed by atoms with E-state index in [4.69, 9.17) is 44.3 Å². The van der Waals surface area contributed by atoms with Gasteiger partial charge in [0.05, 0.1) is 28.3 Å². The summed E-state index contributed by atoms with van der Waals surface area (Å²) in [5, 5.41) is 14.9. The summed E-state index contributed by atoms with van der Waals surface area (Å²) in [6, 6.07) is 18.5. The quantitative estimate of drug-likeness (QED) is 0.402. The van der Waals surface area contributed by atoms with Gasteiger partial charge in [-0.25, -0.2) is 0 Å². The highest BCUT2D eigenvalue weighted by Crippen LogP contribution is 2.37. The Bertz CT molecular complexity index is 983. The van der Waals surface area contributed by atoms with Crippen molar-refractivity contribution < 1.29 is 14.6 Å². The van der Waals surface area contributed by atoms with Crippen molar-refractivity contribution in [3.63, 3.8) is 0 Å². The number of halogens is 3. The molecule has 0 heterocycles. The van der Waals surface area contributed by atoms with Crippen LogP contribution in [-0.4, -0.2) is 18.8 Å². The minimum atomic E-state index is -0.586. The molecule has 0 saturated heterocycles. The first-order valence-corrected chi connectivity index (χ1v) is 10.5. The summed E-state index contributed by atoms with van der Waals surface area (Å²) in [5.74, 6) is 0.987. The first-order chi connectivity index (χ1) is 14.5. The number of aliphatic hydroxyl groups excluding tert-OH is 1. The van der Waals surface area contributed by atoms with Crippen LogP contribution in [0.2, 0.25) is 15.1 Å². The van der Waals surface area contributed by atoms with Crippen molar-refractivity contribution in [3.8, 4) is 11.5 Å². The molecule has 0 fully saturated rings. The molecular formula is C23H22Cl3NO3. The summed E-state index contributed by atoms with van der Waals surface area (Å²) in [5.41, 5.74) is 2.65. The van der Waals surface area contributed by atoms with Crippen LogP contribution in [-0.2, 0) is 13.2 Å². The number of ether oxygens (including phenoxy) is 2. The van der Waals surface area contributed by atoms with Crippen LogP contribution in [0.5, 0.6) is 11.5 Å². The molecule has 0 unspecified atom stereocenters. The highest BCUT2D eigenvalue weighted by molar-refractivity contribution is 6.42. The molecule has 4 nitrogen and oxygen atoms in total. The Balaban J connectivity index is 1.62. The Kier molecular flexibility index (Phi) is 8.25. The average Bonchev–Trinajstić information content (AvgIpc) is 2.75. The van der Waals surface area contributed by atoms with Crippen LogP contribution in [0.15, 0.2) is 60.7 Å². The fourth-order valence-corrected chi connectivity index (χ4v) is 3.56. The summed E-state index contributed by atoms with van der Waals surface area (Å²) < 4.78 is 11.3. The lowest BCUT2D eigenvalue weighted by Crippen LogP contribution is -2.21. The van der Waals surface area contributed by atoms with E-state index in [-0.39, 0.29) is 6.61 Å². The molecule has 0 aromatic heterocycles. The van der Waals surface area contributed by atoms with Gasteiger partial charge in [-0.15, -0.1) is 0 Å². The van der Waals surface area contributed by atoms with Gasteiger partial charge in [-0.3, -0.25) is 0 Å². The topological polar surface area (TPSA) is 50.7 Å². The van der Waals surface area contributed by atoms with Crippen LogP contribution >= 0.6 is 34.8 Å². The van der Waals surface area contributed by atoms with Gasteiger partial charge in [0.1, 0.15) is 6.61 Å².